The lowest BCUT2D eigenvalue weighted by atomic mass is 9.69. The lowest BCUT2D eigenvalue weighted by Crippen LogP contribution is -2.40. The predicted molar refractivity (Wildman–Crippen MR) is 64.9 cm³/mol. The Morgan fingerprint density at radius 2 is 1.79 bits per heavy atom. The summed E-state index contributed by atoms with van der Waals surface area (Å²) in [7, 11) is 1.85. The van der Waals surface area contributed by atoms with E-state index in [1.807, 2.05) is 7.11 Å². The Morgan fingerprint density at radius 3 is 2.07 bits per heavy atom. The van der Waals surface area contributed by atoms with E-state index in [2.05, 4.69) is 36.7 Å². The Kier molecular flexibility index (Phi) is 4.04. The van der Waals surface area contributed by atoms with Crippen molar-refractivity contribution in [3.05, 3.63) is 0 Å². The molecule has 0 unspecified atom stereocenters. The van der Waals surface area contributed by atoms with Gasteiger partial charge < -0.3 is 4.74 Å². The van der Waals surface area contributed by atoms with Gasteiger partial charge in [-0.1, -0.05) is 36.7 Å². The Balaban J connectivity index is 2.53. The van der Waals surface area contributed by atoms with Gasteiger partial charge in [-0.05, 0) is 37.0 Å². The highest BCUT2D eigenvalue weighted by atomic mass is 79.9. The molecule has 84 valence electrons. The van der Waals surface area contributed by atoms with Gasteiger partial charge in [0.25, 0.3) is 0 Å². The summed E-state index contributed by atoms with van der Waals surface area (Å²) in [6.07, 6.45) is 5.03. The van der Waals surface area contributed by atoms with E-state index in [4.69, 9.17) is 4.74 Å². The van der Waals surface area contributed by atoms with Crippen molar-refractivity contribution in [1.29, 1.82) is 0 Å². The lowest BCUT2D eigenvalue weighted by Gasteiger charge is -2.42. The van der Waals surface area contributed by atoms with Crippen LogP contribution in [0.2, 0.25) is 0 Å². The summed E-state index contributed by atoms with van der Waals surface area (Å²) < 4.78 is 5.64. The van der Waals surface area contributed by atoms with Crippen LogP contribution in [-0.2, 0) is 4.74 Å². The molecule has 0 spiro atoms. The van der Waals surface area contributed by atoms with Crippen LogP contribution < -0.4 is 0 Å². The largest absolute Gasteiger partial charge is 0.377 e. The van der Waals surface area contributed by atoms with Crippen LogP contribution >= 0.6 is 15.9 Å². The molecule has 1 fully saturated rings. The fraction of sp³-hybridized carbons (Fsp3) is 1.00. The van der Waals surface area contributed by atoms with Crippen LogP contribution in [0.3, 0.4) is 0 Å². The second kappa shape index (κ2) is 4.52. The predicted octanol–water partition coefficient (Wildman–Crippen LogP) is 4.00. The number of rotatable bonds is 2. The summed E-state index contributed by atoms with van der Waals surface area (Å²) in [6.45, 7) is 7.06. The molecule has 14 heavy (non-hydrogen) atoms. The Hall–Kier alpha value is 0.440. The van der Waals surface area contributed by atoms with Crippen LogP contribution in [0.4, 0.5) is 0 Å². The van der Waals surface area contributed by atoms with Crippen LogP contribution in [0.25, 0.3) is 0 Å². The molecular weight excluding hydrogens is 240 g/mol. The highest BCUT2D eigenvalue weighted by Gasteiger charge is 2.37. The SMILES string of the molecule is COC1(CBr)CCC(C(C)(C)C)CC1. The fourth-order valence-corrected chi connectivity index (χ4v) is 3.19. The van der Waals surface area contributed by atoms with Gasteiger partial charge >= 0.3 is 0 Å². The van der Waals surface area contributed by atoms with E-state index in [-0.39, 0.29) is 5.60 Å². The van der Waals surface area contributed by atoms with Crippen molar-refractivity contribution in [3.8, 4) is 0 Å². The van der Waals surface area contributed by atoms with Crippen molar-refractivity contribution in [3.63, 3.8) is 0 Å². The first kappa shape index (κ1) is 12.5. The van der Waals surface area contributed by atoms with Gasteiger partial charge in [-0.15, -0.1) is 0 Å². The van der Waals surface area contributed by atoms with E-state index >= 15 is 0 Å². The highest BCUT2D eigenvalue weighted by Crippen LogP contribution is 2.43. The molecule has 0 saturated heterocycles. The second-order valence-electron chi connectivity index (χ2n) is 5.66. The van der Waals surface area contributed by atoms with Gasteiger partial charge in [0.05, 0.1) is 5.60 Å². The number of alkyl halides is 1. The maximum absolute atomic E-state index is 5.64. The van der Waals surface area contributed by atoms with Gasteiger partial charge in [0.2, 0.25) is 0 Å². The molecule has 1 nitrogen and oxygen atoms in total. The molecule has 0 heterocycles. The fourth-order valence-electron chi connectivity index (χ4n) is 2.40. The summed E-state index contributed by atoms with van der Waals surface area (Å²) >= 11 is 3.57. The second-order valence-corrected chi connectivity index (χ2v) is 6.22. The standard InChI is InChI=1S/C12H23BrO/c1-11(2,3)10-5-7-12(9-13,14-4)8-6-10/h10H,5-9H2,1-4H3. The number of ether oxygens (including phenoxy) is 1. The minimum atomic E-state index is 0.127. The minimum Gasteiger partial charge on any atom is -0.377 e. The van der Waals surface area contributed by atoms with Gasteiger partial charge in [-0.25, -0.2) is 0 Å². The number of halogens is 1. The van der Waals surface area contributed by atoms with Gasteiger partial charge in [0.1, 0.15) is 0 Å². The van der Waals surface area contributed by atoms with Gasteiger partial charge in [0.15, 0.2) is 0 Å². The van der Waals surface area contributed by atoms with E-state index < -0.39 is 0 Å². The molecule has 2 heteroatoms. The zero-order chi connectivity index (χ0) is 10.8. The monoisotopic (exact) mass is 262 g/mol. The molecule has 0 atom stereocenters. The normalized spacial score (nSPS) is 34.5. The molecule has 0 aromatic heterocycles. The molecular formula is C12H23BrO. The smallest absolute Gasteiger partial charge is 0.0775 e. The van der Waals surface area contributed by atoms with E-state index in [1.165, 1.54) is 25.7 Å². The molecule has 0 aromatic carbocycles. The first-order chi connectivity index (χ1) is 6.43. The Morgan fingerprint density at radius 1 is 1.29 bits per heavy atom. The third kappa shape index (κ3) is 2.73. The van der Waals surface area contributed by atoms with Crippen LogP contribution in [-0.4, -0.2) is 18.0 Å². The molecule has 0 bridgehead atoms. The van der Waals surface area contributed by atoms with Crippen LogP contribution in [0.1, 0.15) is 46.5 Å². The van der Waals surface area contributed by atoms with Crippen molar-refractivity contribution in [2.45, 2.75) is 52.1 Å². The molecule has 1 aliphatic rings. The lowest BCUT2D eigenvalue weighted by molar-refractivity contribution is -0.0410. The van der Waals surface area contributed by atoms with Gasteiger partial charge in [-0.3, -0.25) is 0 Å². The Labute approximate surface area is 96.7 Å². The molecule has 0 aromatic rings. The summed E-state index contributed by atoms with van der Waals surface area (Å²) in [6, 6.07) is 0. The quantitative estimate of drug-likeness (QED) is 0.684. The zero-order valence-electron chi connectivity index (χ0n) is 9.90. The van der Waals surface area contributed by atoms with Crippen LogP contribution in [0, 0.1) is 11.3 Å². The van der Waals surface area contributed by atoms with E-state index in [0.29, 0.717) is 5.41 Å². The summed E-state index contributed by atoms with van der Waals surface area (Å²) in [4.78, 5) is 0. The van der Waals surface area contributed by atoms with Crippen LogP contribution in [0.15, 0.2) is 0 Å². The van der Waals surface area contributed by atoms with Crippen LogP contribution in [0.5, 0.6) is 0 Å². The third-order valence-corrected chi connectivity index (χ3v) is 4.82. The number of hydrogen-bond acceptors (Lipinski definition) is 1. The molecule has 1 rings (SSSR count). The molecule has 1 aliphatic carbocycles. The highest BCUT2D eigenvalue weighted by molar-refractivity contribution is 9.09. The van der Waals surface area contributed by atoms with E-state index in [0.717, 1.165) is 11.2 Å². The van der Waals surface area contributed by atoms with Crippen molar-refractivity contribution in [1.82, 2.24) is 0 Å². The summed E-state index contributed by atoms with van der Waals surface area (Å²) in [5, 5.41) is 0.980. The maximum Gasteiger partial charge on any atom is 0.0775 e. The molecule has 0 N–H and O–H groups in total. The summed E-state index contributed by atoms with van der Waals surface area (Å²) in [5.41, 5.74) is 0.591. The van der Waals surface area contributed by atoms with Crippen molar-refractivity contribution in [2.24, 2.45) is 11.3 Å². The van der Waals surface area contributed by atoms with Crippen molar-refractivity contribution in [2.75, 3.05) is 12.4 Å². The van der Waals surface area contributed by atoms with Crippen molar-refractivity contribution < 1.29 is 4.74 Å². The molecule has 1 saturated carbocycles. The zero-order valence-corrected chi connectivity index (χ0v) is 11.5. The van der Waals surface area contributed by atoms with Gasteiger partial charge in [0, 0.05) is 12.4 Å². The molecule has 0 amide bonds. The third-order valence-electron chi connectivity index (χ3n) is 3.80. The van der Waals surface area contributed by atoms with Gasteiger partial charge in [-0.2, -0.15) is 0 Å². The van der Waals surface area contributed by atoms with E-state index in [1.54, 1.807) is 0 Å². The topological polar surface area (TPSA) is 9.23 Å². The number of hydrogen-bond donors (Lipinski definition) is 0. The first-order valence-electron chi connectivity index (χ1n) is 5.55. The molecule has 0 aliphatic heterocycles. The maximum atomic E-state index is 5.64. The number of methoxy groups -OCH3 is 1. The first-order valence-corrected chi connectivity index (χ1v) is 6.67. The summed E-state index contributed by atoms with van der Waals surface area (Å²) in [5.74, 6) is 0.866. The average Bonchev–Trinajstić information content (AvgIpc) is 2.16. The van der Waals surface area contributed by atoms with E-state index in [9.17, 15) is 0 Å². The minimum absolute atomic E-state index is 0.127. The Bertz CT molecular complexity index is 169. The average molecular weight is 263 g/mol. The molecule has 0 radical (unpaired) electrons. The van der Waals surface area contributed by atoms with Crippen molar-refractivity contribution >= 4 is 15.9 Å².